The summed E-state index contributed by atoms with van der Waals surface area (Å²) in [6.07, 6.45) is 0. The second kappa shape index (κ2) is 8.96. The first kappa shape index (κ1) is 25.4. The van der Waals surface area contributed by atoms with Gasteiger partial charge in [-0.05, 0) is 73.2 Å². The van der Waals surface area contributed by atoms with Gasteiger partial charge in [0.25, 0.3) is 0 Å². The van der Waals surface area contributed by atoms with Gasteiger partial charge in [-0.25, -0.2) is 0 Å². The van der Waals surface area contributed by atoms with Gasteiger partial charge in [0.2, 0.25) is 0 Å². The number of aryl methyl sites for hydroxylation is 3. The van der Waals surface area contributed by atoms with E-state index in [4.69, 9.17) is 0 Å². The standard InChI is InChI=1S/C41H26N4/c1-23-10-6-11-24(2)38(23)45-34-19-9-16-29-30-17-7-12-25(3)39(30)44-33-18-5-4-15-28(33)31-20-32(41(45)37(36(29)34)40(31)44)35-26(21-42)13-8-14-27(35)22-43/h4-20H,1-3H3. The highest BCUT2D eigenvalue weighted by molar-refractivity contribution is 6.35. The van der Waals surface area contributed by atoms with Crippen LogP contribution >= 0.6 is 0 Å². The van der Waals surface area contributed by atoms with Gasteiger partial charge in [0.1, 0.15) is 0 Å². The molecule has 0 saturated carbocycles. The molecule has 0 atom stereocenters. The summed E-state index contributed by atoms with van der Waals surface area (Å²) in [6.45, 7) is 6.52. The third-order valence-corrected chi connectivity index (χ3v) is 9.68. The summed E-state index contributed by atoms with van der Waals surface area (Å²) in [5.41, 5.74) is 12.8. The van der Waals surface area contributed by atoms with Crippen molar-refractivity contribution in [3.8, 4) is 29.0 Å². The summed E-state index contributed by atoms with van der Waals surface area (Å²) in [7, 11) is 0. The molecule has 0 bridgehead atoms. The lowest BCUT2D eigenvalue weighted by molar-refractivity contribution is 1.12. The van der Waals surface area contributed by atoms with Crippen LogP contribution in [0, 0.1) is 43.4 Å². The van der Waals surface area contributed by atoms with Gasteiger partial charge in [-0.3, -0.25) is 0 Å². The molecule has 210 valence electrons. The molecule has 0 aliphatic heterocycles. The highest BCUT2D eigenvalue weighted by Crippen LogP contribution is 2.50. The predicted molar refractivity (Wildman–Crippen MR) is 185 cm³/mol. The average Bonchev–Trinajstić information content (AvgIpc) is 3.52. The number of rotatable bonds is 2. The molecule has 4 nitrogen and oxygen atoms in total. The van der Waals surface area contributed by atoms with Crippen LogP contribution in [0.15, 0.2) is 103 Å². The predicted octanol–water partition coefficient (Wildman–Crippen LogP) is 10.3. The molecule has 9 aromatic rings. The molecule has 0 aliphatic carbocycles. The van der Waals surface area contributed by atoms with Crippen LogP contribution < -0.4 is 0 Å². The van der Waals surface area contributed by atoms with Crippen molar-refractivity contribution in [2.75, 3.05) is 0 Å². The highest BCUT2D eigenvalue weighted by atomic mass is 15.0. The van der Waals surface area contributed by atoms with Gasteiger partial charge in [0.15, 0.2) is 0 Å². The van der Waals surface area contributed by atoms with Crippen LogP contribution in [0.2, 0.25) is 0 Å². The van der Waals surface area contributed by atoms with Crippen molar-refractivity contribution in [3.05, 3.63) is 131 Å². The Labute approximate surface area is 259 Å². The number of nitrogens with zero attached hydrogens (tertiary/aromatic N) is 4. The molecular formula is C41H26N4. The molecule has 0 saturated heterocycles. The molecule has 9 rings (SSSR count). The molecule has 6 aromatic carbocycles. The molecule has 45 heavy (non-hydrogen) atoms. The Hall–Kier alpha value is -6.10. The van der Waals surface area contributed by atoms with Crippen LogP contribution in [0.1, 0.15) is 27.8 Å². The Morgan fingerprint density at radius 3 is 1.87 bits per heavy atom. The maximum atomic E-state index is 10.4. The molecular weight excluding hydrogens is 548 g/mol. The minimum Gasteiger partial charge on any atom is -0.308 e. The third-order valence-electron chi connectivity index (χ3n) is 9.68. The minimum atomic E-state index is 0.492. The highest BCUT2D eigenvalue weighted by Gasteiger charge is 2.28. The number of para-hydroxylation sites is 3. The normalized spacial score (nSPS) is 11.8. The molecule has 0 N–H and O–H groups in total. The van der Waals surface area contributed by atoms with E-state index in [1.165, 1.54) is 27.2 Å². The van der Waals surface area contributed by atoms with Crippen molar-refractivity contribution < 1.29 is 0 Å². The van der Waals surface area contributed by atoms with Crippen molar-refractivity contribution in [1.29, 1.82) is 10.5 Å². The van der Waals surface area contributed by atoms with Crippen LogP contribution in [-0.2, 0) is 0 Å². The summed E-state index contributed by atoms with van der Waals surface area (Å²) in [6, 6.07) is 40.7. The molecule has 4 heteroatoms. The van der Waals surface area contributed by atoms with E-state index < -0.39 is 0 Å². The molecule has 0 amide bonds. The Kier molecular flexibility index (Phi) is 5.06. The first-order valence-corrected chi connectivity index (χ1v) is 15.2. The van der Waals surface area contributed by atoms with Crippen molar-refractivity contribution in [3.63, 3.8) is 0 Å². The maximum Gasteiger partial charge on any atom is 0.0998 e. The van der Waals surface area contributed by atoms with Gasteiger partial charge in [-0.15, -0.1) is 0 Å². The molecule has 0 aliphatic rings. The Morgan fingerprint density at radius 2 is 1.11 bits per heavy atom. The van der Waals surface area contributed by atoms with Gasteiger partial charge in [0.05, 0.1) is 56.5 Å². The van der Waals surface area contributed by atoms with E-state index in [2.05, 4.69) is 127 Å². The third kappa shape index (κ3) is 3.13. The molecule has 3 aromatic heterocycles. The van der Waals surface area contributed by atoms with E-state index in [0.717, 1.165) is 60.6 Å². The van der Waals surface area contributed by atoms with E-state index in [0.29, 0.717) is 16.7 Å². The zero-order valence-corrected chi connectivity index (χ0v) is 25.1. The topological polar surface area (TPSA) is 56.9 Å². The monoisotopic (exact) mass is 574 g/mol. The van der Waals surface area contributed by atoms with Crippen LogP contribution in [-0.4, -0.2) is 8.97 Å². The summed E-state index contributed by atoms with van der Waals surface area (Å²) in [5.74, 6) is 0. The van der Waals surface area contributed by atoms with Crippen molar-refractivity contribution in [2.45, 2.75) is 20.8 Å². The van der Waals surface area contributed by atoms with Crippen molar-refractivity contribution in [2.24, 2.45) is 0 Å². The van der Waals surface area contributed by atoms with Gasteiger partial charge < -0.3 is 8.97 Å². The van der Waals surface area contributed by atoms with Gasteiger partial charge in [0, 0.05) is 38.1 Å². The lowest BCUT2D eigenvalue weighted by Gasteiger charge is -2.18. The Morgan fingerprint density at radius 1 is 0.511 bits per heavy atom. The zero-order chi connectivity index (χ0) is 30.6. The summed E-state index contributed by atoms with van der Waals surface area (Å²) >= 11 is 0. The zero-order valence-electron chi connectivity index (χ0n) is 25.1. The number of benzene rings is 6. The number of hydrogen-bond donors (Lipinski definition) is 0. The smallest absolute Gasteiger partial charge is 0.0998 e. The van der Waals surface area contributed by atoms with E-state index in [1.807, 2.05) is 12.1 Å². The molecule has 0 fully saturated rings. The van der Waals surface area contributed by atoms with E-state index in [1.54, 1.807) is 6.07 Å². The quantitative estimate of drug-likeness (QED) is 0.206. The van der Waals surface area contributed by atoms with Crippen LogP contribution in [0.25, 0.3) is 76.7 Å². The van der Waals surface area contributed by atoms with Crippen molar-refractivity contribution >= 4 is 59.9 Å². The Bertz CT molecular complexity index is 2760. The number of hydrogen-bond acceptors (Lipinski definition) is 2. The fourth-order valence-corrected chi connectivity index (χ4v) is 7.94. The van der Waals surface area contributed by atoms with Gasteiger partial charge in [-0.2, -0.15) is 10.5 Å². The van der Waals surface area contributed by atoms with E-state index in [-0.39, 0.29) is 0 Å². The first-order valence-electron chi connectivity index (χ1n) is 15.2. The minimum absolute atomic E-state index is 0.492. The fraction of sp³-hybridized carbons (Fsp3) is 0.0732. The molecule has 3 heterocycles. The summed E-state index contributed by atoms with van der Waals surface area (Å²) < 4.78 is 4.85. The molecule has 0 unspecified atom stereocenters. The van der Waals surface area contributed by atoms with Gasteiger partial charge in [-0.1, -0.05) is 72.8 Å². The summed E-state index contributed by atoms with van der Waals surface area (Å²) in [4.78, 5) is 0. The largest absolute Gasteiger partial charge is 0.308 e. The van der Waals surface area contributed by atoms with E-state index >= 15 is 0 Å². The second-order valence-corrected chi connectivity index (χ2v) is 12.1. The number of aromatic nitrogens is 2. The van der Waals surface area contributed by atoms with Crippen LogP contribution in [0.3, 0.4) is 0 Å². The number of fused-ring (bicyclic) bond motifs is 6. The first-order chi connectivity index (χ1) is 22.0. The lowest BCUT2D eigenvalue weighted by Crippen LogP contribution is -2.02. The molecule has 0 spiro atoms. The fourth-order valence-electron chi connectivity index (χ4n) is 7.94. The lowest BCUT2D eigenvalue weighted by atomic mass is 9.91. The van der Waals surface area contributed by atoms with Crippen LogP contribution in [0.4, 0.5) is 0 Å². The SMILES string of the molecule is Cc1cccc(C)c1-n1c2cccc3c4cccc(C)c4n4c5ccccc5c5cc(-c6c(C#N)cccc6C#N)c1c(c32)c54. The second-order valence-electron chi connectivity index (χ2n) is 12.1. The van der Waals surface area contributed by atoms with E-state index in [9.17, 15) is 10.5 Å². The Balaban J connectivity index is 1.74. The van der Waals surface area contributed by atoms with Gasteiger partial charge >= 0.3 is 0 Å². The maximum absolute atomic E-state index is 10.4. The van der Waals surface area contributed by atoms with Crippen LogP contribution in [0.5, 0.6) is 0 Å². The summed E-state index contributed by atoms with van der Waals surface area (Å²) in [5, 5.41) is 27.8. The number of nitriles is 2. The molecule has 0 radical (unpaired) electrons. The van der Waals surface area contributed by atoms with Crippen molar-refractivity contribution in [1.82, 2.24) is 8.97 Å². The average molecular weight is 575 g/mol.